The van der Waals surface area contributed by atoms with E-state index in [1.807, 2.05) is 31.2 Å². The van der Waals surface area contributed by atoms with Crippen molar-refractivity contribution in [1.29, 1.82) is 0 Å². The third kappa shape index (κ3) is 1.85. The number of carboxylic acids is 1. The third-order valence-corrected chi connectivity index (χ3v) is 3.02. The van der Waals surface area contributed by atoms with Crippen LogP contribution in [0.4, 0.5) is 0 Å². The van der Waals surface area contributed by atoms with E-state index in [9.17, 15) is 4.79 Å². The Balaban J connectivity index is 2.26. The number of pyridine rings is 1. The van der Waals surface area contributed by atoms with Crippen LogP contribution in [0.2, 0.25) is 0 Å². The number of imidazole rings is 1. The van der Waals surface area contributed by atoms with Crippen LogP contribution in [-0.2, 0) is 0 Å². The van der Waals surface area contributed by atoms with Crippen LogP contribution in [0.25, 0.3) is 22.6 Å². The van der Waals surface area contributed by atoms with E-state index in [0.717, 1.165) is 11.1 Å². The number of aromatic nitrogens is 3. The fraction of sp³-hybridized carbons (Fsp3) is 0.0714. The number of nitrogens with one attached hydrogen (secondary N) is 1. The number of hydrogen-bond donors (Lipinski definition) is 2. The summed E-state index contributed by atoms with van der Waals surface area (Å²) in [5, 5.41) is 9.14. The summed E-state index contributed by atoms with van der Waals surface area (Å²) in [7, 11) is 0. The van der Waals surface area contributed by atoms with E-state index in [1.54, 1.807) is 0 Å². The molecule has 3 rings (SSSR count). The van der Waals surface area contributed by atoms with Gasteiger partial charge in [-0.05, 0) is 18.6 Å². The summed E-state index contributed by atoms with van der Waals surface area (Å²) < 4.78 is 0. The summed E-state index contributed by atoms with van der Waals surface area (Å²) in [5.74, 6) is -0.360. The molecule has 0 saturated heterocycles. The van der Waals surface area contributed by atoms with Crippen LogP contribution >= 0.6 is 0 Å². The molecule has 0 aliphatic carbocycles. The average Bonchev–Trinajstić information content (AvgIpc) is 2.82. The second kappa shape index (κ2) is 4.20. The average molecular weight is 253 g/mol. The van der Waals surface area contributed by atoms with Gasteiger partial charge in [0.05, 0.1) is 11.1 Å². The number of benzene rings is 1. The molecule has 5 nitrogen and oxygen atoms in total. The Labute approximate surface area is 109 Å². The fourth-order valence-corrected chi connectivity index (χ4v) is 2.06. The summed E-state index contributed by atoms with van der Waals surface area (Å²) in [6.07, 6.45) is 1.45. The number of rotatable bonds is 2. The Hall–Kier alpha value is -2.69. The first kappa shape index (κ1) is 11.4. The minimum absolute atomic E-state index is 0.178. The lowest BCUT2D eigenvalue weighted by atomic mass is 10.1. The molecular formula is C14H11N3O2. The molecule has 0 atom stereocenters. The maximum Gasteiger partial charge on any atom is 0.338 e. The van der Waals surface area contributed by atoms with E-state index in [2.05, 4.69) is 15.0 Å². The standard InChI is InChI=1S/C14H11N3O2/c1-8-4-2-3-5-9(8)12-16-11-10(14(18)19)6-7-15-13(11)17-12/h2-7H,1H3,(H,18,19)(H,15,16,17). The molecule has 0 saturated carbocycles. The van der Waals surface area contributed by atoms with Crippen LogP contribution < -0.4 is 0 Å². The lowest BCUT2D eigenvalue weighted by Gasteiger charge is -2.00. The molecule has 0 spiro atoms. The van der Waals surface area contributed by atoms with E-state index in [1.165, 1.54) is 12.3 Å². The van der Waals surface area contributed by atoms with Gasteiger partial charge in [-0.25, -0.2) is 14.8 Å². The molecule has 1 aromatic carbocycles. The summed E-state index contributed by atoms with van der Waals surface area (Å²) in [5.41, 5.74) is 3.05. The molecule has 0 aliphatic heterocycles. The van der Waals surface area contributed by atoms with Crippen molar-refractivity contribution < 1.29 is 9.90 Å². The molecule has 0 fully saturated rings. The van der Waals surface area contributed by atoms with Crippen LogP contribution in [0.1, 0.15) is 15.9 Å². The predicted octanol–water partition coefficient (Wildman–Crippen LogP) is 2.63. The van der Waals surface area contributed by atoms with Gasteiger partial charge in [-0.1, -0.05) is 24.3 Å². The molecule has 19 heavy (non-hydrogen) atoms. The molecule has 0 radical (unpaired) electrons. The normalized spacial score (nSPS) is 10.8. The number of aromatic carboxylic acids is 1. The Morgan fingerprint density at radius 3 is 2.79 bits per heavy atom. The molecular weight excluding hydrogens is 242 g/mol. The Morgan fingerprint density at radius 2 is 2.05 bits per heavy atom. The zero-order chi connectivity index (χ0) is 13.4. The highest BCUT2D eigenvalue weighted by Crippen LogP contribution is 2.23. The molecule has 2 N–H and O–H groups in total. The largest absolute Gasteiger partial charge is 0.478 e. The number of H-pyrrole nitrogens is 1. The second-order valence-corrected chi connectivity index (χ2v) is 4.26. The van der Waals surface area contributed by atoms with Gasteiger partial charge < -0.3 is 10.1 Å². The van der Waals surface area contributed by atoms with Crippen LogP contribution in [0.15, 0.2) is 36.5 Å². The van der Waals surface area contributed by atoms with Gasteiger partial charge in [-0.2, -0.15) is 0 Å². The third-order valence-electron chi connectivity index (χ3n) is 3.02. The number of aromatic amines is 1. The van der Waals surface area contributed by atoms with Gasteiger partial charge >= 0.3 is 5.97 Å². The van der Waals surface area contributed by atoms with Crippen LogP contribution in [-0.4, -0.2) is 26.0 Å². The van der Waals surface area contributed by atoms with Crippen LogP contribution in [0.5, 0.6) is 0 Å². The number of carbonyl (C=O) groups is 1. The van der Waals surface area contributed by atoms with E-state index < -0.39 is 5.97 Å². The lowest BCUT2D eigenvalue weighted by Crippen LogP contribution is -1.97. The lowest BCUT2D eigenvalue weighted by molar-refractivity contribution is 0.0699. The van der Waals surface area contributed by atoms with Gasteiger partial charge in [-0.15, -0.1) is 0 Å². The summed E-state index contributed by atoms with van der Waals surface area (Å²) in [6.45, 7) is 1.98. The van der Waals surface area contributed by atoms with E-state index >= 15 is 0 Å². The van der Waals surface area contributed by atoms with Crippen molar-refractivity contribution in [1.82, 2.24) is 15.0 Å². The monoisotopic (exact) mass is 253 g/mol. The Bertz CT molecular complexity index is 777. The quantitative estimate of drug-likeness (QED) is 0.735. The highest BCUT2D eigenvalue weighted by atomic mass is 16.4. The number of hydrogen-bond acceptors (Lipinski definition) is 3. The molecule has 3 aromatic rings. The van der Waals surface area contributed by atoms with Gasteiger partial charge in [0.25, 0.3) is 0 Å². The van der Waals surface area contributed by atoms with Gasteiger partial charge in [0, 0.05) is 11.8 Å². The molecule has 0 unspecified atom stereocenters. The Kier molecular flexibility index (Phi) is 2.52. The van der Waals surface area contributed by atoms with Gasteiger partial charge in [0.1, 0.15) is 5.82 Å². The zero-order valence-electron chi connectivity index (χ0n) is 10.2. The first-order chi connectivity index (χ1) is 9.16. The van der Waals surface area contributed by atoms with E-state index in [4.69, 9.17) is 5.11 Å². The number of aryl methyl sites for hydroxylation is 1. The maximum absolute atomic E-state index is 11.2. The van der Waals surface area contributed by atoms with Crippen molar-refractivity contribution in [3.63, 3.8) is 0 Å². The number of carboxylic acid groups (broad SMARTS) is 1. The highest BCUT2D eigenvalue weighted by molar-refractivity contribution is 6.00. The van der Waals surface area contributed by atoms with Crippen molar-refractivity contribution in [2.45, 2.75) is 6.92 Å². The maximum atomic E-state index is 11.2. The summed E-state index contributed by atoms with van der Waals surface area (Å²) in [4.78, 5) is 22.7. The molecule has 5 heteroatoms. The smallest absolute Gasteiger partial charge is 0.338 e. The van der Waals surface area contributed by atoms with Crippen molar-refractivity contribution in [2.24, 2.45) is 0 Å². The van der Waals surface area contributed by atoms with Gasteiger partial charge in [0.2, 0.25) is 0 Å². The van der Waals surface area contributed by atoms with Crippen molar-refractivity contribution in [2.75, 3.05) is 0 Å². The summed E-state index contributed by atoms with van der Waals surface area (Å²) >= 11 is 0. The number of nitrogens with zero attached hydrogens (tertiary/aromatic N) is 2. The molecule has 0 bridgehead atoms. The summed E-state index contributed by atoms with van der Waals surface area (Å²) in [6, 6.07) is 9.25. The van der Waals surface area contributed by atoms with Crippen LogP contribution in [0, 0.1) is 6.92 Å². The minimum Gasteiger partial charge on any atom is -0.478 e. The fourth-order valence-electron chi connectivity index (χ4n) is 2.06. The molecule has 2 aromatic heterocycles. The van der Waals surface area contributed by atoms with Crippen molar-refractivity contribution >= 4 is 17.1 Å². The SMILES string of the molecule is Cc1ccccc1-c1nc2nccc(C(=O)O)c2[nH]1. The molecule has 0 aliphatic rings. The first-order valence-electron chi connectivity index (χ1n) is 5.81. The Morgan fingerprint density at radius 1 is 1.26 bits per heavy atom. The molecule has 0 amide bonds. The van der Waals surface area contributed by atoms with E-state index in [-0.39, 0.29) is 5.56 Å². The first-order valence-corrected chi connectivity index (χ1v) is 5.81. The van der Waals surface area contributed by atoms with E-state index in [0.29, 0.717) is 17.0 Å². The van der Waals surface area contributed by atoms with Crippen LogP contribution in [0.3, 0.4) is 0 Å². The molecule has 2 heterocycles. The van der Waals surface area contributed by atoms with Gasteiger partial charge in [-0.3, -0.25) is 0 Å². The molecule has 94 valence electrons. The van der Waals surface area contributed by atoms with Crippen molar-refractivity contribution in [3.05, 3.63) is 47.7 Å². The topological polar surface area (TPSA) is 78.9 Å². The zero-order valence-corrected chi connectivity index (χ0v) is 10.2. The van der Waals surface area contributed by atoms with Gasteiger partial charge in [0.15, 0.2) is 5.65 Å². The van der Waals surface area contributed by atoms with Crippen molar-refractivity contribution in [3.8, 4) is 11.4 Å². The highest BCUT2D eigenvalue weighted by Gasteiger charge is 2.14. The second-order valence-electron chi connectivity index (χ2n) is 4.26. The minimum atomic E-state index is -0.993. The predicted molar refractivity (Wildman–Crippen MR) is 71.0 cm³/mol. The number of fused-ring (bicyclic) bond motifs is 1.